The van der Waals surface area contributed by atoms with Crippen LogP contribution in [0.3, 0.4) is 0 Å². The molecule has 9 heteroatoms. The van der Waals surface area contributed by atoms with Gasteiger partial charge in [-0.15, -0.1) is 0 Å². The molecule has 0 saturated heterocycles. The van der Waals surface area contributed by atoms with E-state index in [0.29, 0.717) is 5.69 Å². The Kier molecular flexibility index (Phi) is 9.04. The molecule has 0 saturated carbocycles. The van der Waals surface area contributed by atoms with Crippen molar-refractivity contribution >= 4 is 27.5 Å². The molecule has 0 spiro atoms. The largest absolute Gasteiger partial charge is 0.357 e. The molecule has 0 radical (unpaired) electrons. The molecule has 1 N–H and O–H groups in total. The van der Waals surface area contributed by atoms with E-state index in [4.69, 9.17) is 0 Å². The molecule has 2 amide bonds. The van der Waals surface area contributed by atoms with Gasteiger partial charge in [-0.25, -0.2) is 12.8 Å². The van der Waals surface area contributed by atoms with Crippen molar-refractivity contribution in [2.75, 3.05) is 24.2 Å². The van der Waals surface area contributed by atoms with Gasteiger partial charge in [-0.1, -0.05) is 54.6 Å². The maximum Gasteiger partial charge on any atom is 0.244 e. The number of amides is 2. The molecule has 0 fully saturated rings. The number of rotatable bonds is 10. The number of aryl methyl sites for hydroxylation is 2. The fourth-order valence-corrected chi connectivity index (χ4v) is 4.87. The standard InChI is InChI=1S/C28H32FN3O4S/c1-20-14-15-24(16-21(20)2)32(37(4,35)36)19-27(33)31(18-23-12-8-9-13-25(23)29)26(28(34)30-3)17-22-10-6-5-7-11-22/h5-16,26H,17-19H2,1-4H3,(H,30,34). The maximum absolute atomic E-state index is 14.6. The van der Waals surface area contributed by atoms with Crippen molar-refractivity contribution in [3.05, 3.63) is 101 Å². The number of nitrogens with zero attached hydrogens (tertiary/aromatic N) is 2. The molecule has 0 aliphatic heterocycles. The SMILES string of the molecule is CNC(=O)C(Cc1ccccc1)N(Cc1ccccc1F)C(=O)CN(c1ccc(C)c(C)c1)S(C)(=O)=O. The van der Waals surface area contributed by atoms with Crippen molar-refractivity contribution in [2.45, 2.75) is 32.9 Å². The summed E-state index contributed by atoms with van der Waals surface area (Å²) in [6, 6.07) is 19.3. The van der Waals surface area contributed by atoms with E-state index >= 15 is 0 Å². The highest BCUT2D eigenvalue weighted by Gasteiger charge is 2.33. The molecule has 3 rings (SSSR count). The predicted octanol–water partition coefficient (Wildman–Crippen LogP) is 3.59. The first-order valence-electron chi connectivity index (χ1n) is 11.8. The smallest absolute Gasteiger partial charge is 0.244 e. The highest BCUT2D eigenvalue weighted by molar-refractivity contribution is 7.92. The van der Waals surface area contributed by atoms with Crippen molar-refractivity contribution in [1.82, 2.24) is 10.2 Å². The normalized spacial score (nSPS) is 12.0. The van der Waals surface area contributed by atoms with Gasteiger partial charge in [-0.05, 0) is 48.7 Å². The molecule has 0 heterocycles. The highest BCUT2D eigenvalue weighted by atomic mass is 32.2. The number of hydrogen-bond donors (Lipinski definition) is 1. The molecular weight excluding hydrogens is 493 g/mol. The van der Waals surface area contributed by atoms with Crippen molar-refractivity contribution < 1.29 is 22.4 Å². The van der Waals surface area contributed by atoms with Crippen LogP contribution in [0.15, 0.2) is 72.8 Å². The lowest BCUT2D eigenvalue weighted by atomic mass is 10.0. The zero-order chi connectivity index (χ0) is 27.2. The third-order valence-electron chi connectivity index (χ3n) is 6.27. The van der Waals surface area contributed by atoms with E-state index in [1.54, 1.807) is 24.3 Å². The van der Waals surface area contributed by atoms with E-state index in [1.165, 1.54) is 30.1 Å². The molecule has 7 nitrogen and oxygen atoms in total. The molecule has 3 aromatic rings. The fraction of sp³-hybridized carbons (Fsp3) is 0.286. The third-order valence-corrected chi connectivity index (χ3v) is 7.41. The van der Waals surface area contributed by atoms with Gasteiger partial charge in [0.25, 0.3) is 0 Å². The fourth-order valence-electron chi connectivity index (χ4n) is 4.03. The van der Waals surface area contributed by atoms with Gasteiger partial charge in [0.2, 0.25) is 21.8 Å². The van der Waals surface area contributed by atoms with Gasteiger partial charge in [-0.3, -0.25) is 13.9 Å². The Morgan fingerprint density at radius 3 is 2.19 bits per heavy atom. The van der Waals surface area contributed by atoms with Gasteiger partial charge >= 0.3 is 0 Å². The van der Waals surface area contributed by atoms with Crippen molar-refractivity contribution in [1.29, 1.82) is 0 Å². The number of anilines is 1. The number of sulfonamides is 1. The van der Waals surface area contributed by atoms with Crippen molar-refractivity contribution in [3.63, 3.8) is 0 Å². The highest BCUT2D eigenvalue weighted by Crippen LogP contribution is 2.23. The summed E-state index contributed by atoms with van der Waals surface area (Å²) >= 11 is 0. The lowest BCUT2D eigenvalue weighted by Crippen LogP contribution is -2.53. The average molecular weight is 526 g/mol. The molecule has 196 valence electrons. The van der Waals surface area contributed by atoms with Gasteiger partial charge < -0.3 is 10.2 Å². The molecule has 1 atom stereocenters. The number of likely N-dealkylation sites (N-methyl/N-ethyl adjacent to an activating group) is 1. The first kappa shape index (κ1) is 27.9. The van der Waals surface area contributed by atoms with Crippen LogP contribution in [0.5, 0.6) is 0 Å². The van der Waals surface area contributed by atoms with Crippen LogP contribution < -0.4 is 9.62 Å². The molecule has 0 aromatic heterocycles. The molecule has 3 aromatic carbocycles. The minimum atomic E-state index is -3.86. The number of nitrogens with one attached hydrogen (secondary N) is 1. The average Bonchev–Trinajstić information content (AvgIpc) is 2.86. The summed E-state index contributed by atoms with van der Waals surface area (Å²) in [5.74, 6) is -1.59. The van der Waals surface area contributed by atoms with Crippen LogP contribution in [0, 0.1) is 19.7 Å². The van der Waals surface area contributed by atoms with Crippen molar-refractivity contribution in [3.8, 4) is 0 Å². The Morgan fingerprint density at radius 2 is 1.59 bits per heavy atom. The lowest BCUT2D eigenvalue weighted by Gasteiger charge is -2.33. The Morgan fingerprint density at radius 1 is 0.946 bits per heavy atom. The second kappa shape index (κ2) is 12.0. The van der Waals surface area contributed by atoms with E-state index < -0.39 is 40.2 Å². The Bertz CT molecular complexity index is 1360. The summed E-state index contributed by atoms with van der Waals surface area (Å²) in [6.45, 7) is 3.01. The Balaban J connectivity index is 2.05. The summed E-state index contributed by atoms with van der Waals surface area (Å²) in [5, 5.41) is 2.59. The summed E-state index contributed by atoms with van der Waals surface area (Å²) in [7, 11) is -2.39. The zero-order valence-corrected chi connectivity index (χ0v) is 22.3. The van der Waals surface area contributed by atoms with E-state index in [9.17, 15) is 22.4 Å². The summed E-state index contributed by atoms with van der Waals surface area (Å²) in [4.78, 5) is 28.1. The summed E-state index contributed by atoms with van der Waals surface area (Å²) in [5.41, 5.74) is 3.21. The molecule has 0 aliphatic carbocycles. The number of halogens is 1. The Hall–Kier alpha value is -3.72. The maximum atomic E-state index is 14.6. The topological polar surface area (TPSA) is 86.8 Å². The monoisotopic (exact) mass is 525 g/mol. The second-order valence-electron chi connectivity index (χ2n) is 8.97. The molecular formula is C28H32FN3O4S. The quantitative estimate of drug-likeness (QED) is 0.438. The van der Waals surface area contributed by atoms with Gasteiger partial charge in [0.15, 0.2) is 0 Å². The van der Waals surface area contributed by atoms with E-state index in [2.05, 4.69) is 5.32 Å². The predicted molar refractivity (Wildman–Crippen MR) is 143 cm³/mol. The van der Waals surface area contributed by atoms with Gasteiger partial charge in [0.1, 0.15) is 18.4 Å². The van der Waals surface area contributed by atoms with Crippen LogP contribution in [0.2, 0.25) is 0 Å². The van der Waals surface area contributed by atoms with Crippen LogP contribution in [0.25, 0.3) is 0 Å². The number of hydrogen-bond acceptors (Lipinski definition) is 4. The van der Waals surface area contributed by atoms with Gasteiger partial charge in [0, 0.05) is 25.6 Å². The molecule has 37 heavy (non-hydrogen) atoms. The first-order chi connectivity index (χ1) is 17.5. The minimum Gasteiger partial charge on any atom is -0.357 e. The zero-order valence-electron chi connectivity index (χ0n) is 21.4. The van der Waals surface area contributed by atoms with Crippen LogP contribution in [-0.2, 0) is 32.6 Å². The minimum absolute atomic E-state index is 0.170. The van der Waals surface area contributed by atoms with Crippen LogP contribution >= 0.6 is 0 Å². The number of carbonyl (C=O) groups is 2. The molecule has 0 aliphatic rings. The van der Waals surface area contributed by atoms with Crippen LogP contribution in [-0.4, -0.2) is 51.0 Å². The third kappa shape index (κ3) is 7.16. The number of benzene rings is 3. The number of carbonyl (C=O) groups excluding carboxylic acids is 2. The van der Waals surface area contributed by atoms with E-state index in [1.807, 2.05) is 44.2 Å². The van der Waals surface area contributed by atoms with Gasteiger partial charge in [-0.2, -0.15) is 0 Å². The lowest BCUT2D eigenvalue weighted by molar-refractivity contribution is -0.139. The molecule has 1 unspecified atom stereocenters. The van der Waals surface area contributed by atoms with Crippen LogP contribution in [0.4, 0.5) is 10.1 Å². The van der Waals surface area contributed by atoms with E-state index in [0.717, 1.165) is 27.3 Å². The summed E-state index contributed by atoms with van der Waals surface area (Å²) < 4.78 is 41.2. The Labute approximate surface area is 218 Å². The first-order valence-corrected chi connectivity index (χ1v) is 13.7. The van der Waals surface area contributed by atoms with Crippen LogP contribution in [0.1, 0.15) is 22.3 Å². The van der Waals surface area contributed by atoms with Crippen molar-refractivity contribution in [2.24, 2.45) is 0 Å². The summed E-state index contributed by atoms with van der Waals surface area (Å²) in [6.07, 6.45) is 1.19. The molecule has 0 bridgehead atoms. The second-order valence-corrected chi connectivity index (χ2v) is 10.9. The van der Waals surface area contributed by atoms with Gasteiger partial charge in [0.05, 0.1) is 11.9 Å². The van der Waals surface area contributed by atoms with E-state index in [-0.39, 0.29) is 18.5 Å².